The Balaban J connectivity index is 1.46. The van der Waals surface area contributed by atoms with E-state index in [0.717, 1.165) is 29.9 Å². The molecule has 1 N–H and O–H groups in total. The van der Waals surface area contributed by atoms with E-state index in [-0.39, 0.29) is 0 Å². The van der Waals surface area contributed by atoms with Gasteiger partial charge in [-0.15, -0.1) is 0 Å². The zero-order valence-corrected chi connectivity index (χ0v) is 12.8. The summed E-state index contributed by atoms with van der Waals surface area (Å²) >= 11 is 0. The van der Waals surface area contributed by atoms with E-state index < -0.39 is 0 Å². The quantitative estimate of drug-likeness (QED) is 0.919. The summed E-state index contributed by atoms with van der Waals surface area (Å²) < 4.78 is 5.63. The van der Waals surface area contributed by atoms with Gasteiger partial charge in [-0.25, -0.2) is 4.98 Å². The lowest BCUT2D eigenvalue weighted by Crippen LogP contribution is -2.38. The van der Waals surface area contributed by atoms with Gasteiger partial charge in [0.05, 0.1) is 12.2 Å². The highest BCUT2D eigenvalue weighted by Gasteiger charge is 2.28. The average molecular weight is 277 g/mol. The van der Waals surface area contributed by atoms with Crippen LogP contribution < -0.4 is 5.32 Å². The molecule has 20 heavy (non-hydrogen) atoms. The summed E-state index contributed by atoms with van der Waals surface area (Å²) in [6, 6.07) is 1.46. The van der Waals surface area contributed by atoms with Crippen molar-refractivity contribution < 1.29 is 4.42 Å². The fraction of sp³-hybridized carbons (Fsp3) is 0.812. The van der Waals surface area contributed by atoms with E-state index in [1.54, 1.807) is 0 Å². The van der Waals surface area contributed by atoms with Crippen LogP contribution in [0.1, 0.15) is 55.9 Å². The van der Waals surface area contributed by atoms with Crippen LogP contribution in [0.2, 0.25) is 0 Å². The number of likely N-dealkylation sites (tertiary alicyclic amines) is 1. The van der Waals surface area contributed by atoms with E-state index in [2.05, 4.69) is 15.2 Å². The molecule has 2 fully saturated rings. The van der Waals surface area contributed by atoms with Gasteiger partial charge in [0.15, 0.2) is 5.89 Å². The first-order valence-corrected chi connectivity index (χ1v) is 8.12. The van der Waals surface area contributed by atoms with Gasteiger partial charge in [0.2, 0.25) is 0 Å². The predicted molar refractivity (Wildman–Crippen MR) is 79.7 cm³/mol. The summed E-state index contributed by atoms with van der Waals surface area (Å²) in [5.74, 6) is 1.77. The summed E-state index contributed by atoms with van der Waals surface area (Å²) in [6.45, 7) is 7.22. The average Bonchev–Trinajstić information content (AvgIpc) is 3.04. The molecule has 0 aromatic carbocycles. The molecule has 0 radical (unpaired) electrons. The van der Waals surface area contributed by atoms with Gasteiger partial charge < -0.3 is 9.73 Å². The fourth-order valence-electron chi connectivity index (χ4n) is 3.71. The third kappa shape index (κ3) is 3.23. The molecule has 2 heterocycles. The summed E-state index contributed by atoms with van der Waals surface area (Å²) in [4.78, 5) is 7.03. The highest BCUT2D eigenvalue weighted by molar-refractivity contribution is 5.07. The molecule has 1 aliphatic carbocycles. The molecular formula is C16H27N3O. The summed E-state index contributed by atoms with van der Waals surface area (Å²) in [6.07, 6.45) is 8.38. The second-order valence-corrected chi connectivity index (χ2v) is 6.39. The molecule has 1 aromatic heterocycles. The van der Waals surface area contributed by atoms with Gasteiger partial charge in [-0.05, 0) is 26.2 Å². The van der Waals surface area contributed by atoms with E-state index in [4.69, 9.17) is 4.42 Å². The smallest absolute Gasteiger partial charge is 0.191 e. The zero-order valence-electron chi connectivity index (χ0n) is 12.8. The maximum atomic E-state index is 5.63. The first-order valence-electron chi connectivity index (χ1n) is 8.12. The van der Waals surface area contributed by atoms with E-state index in [9.17, 15) is 0 Å². The number of hydrogen-bond donors (Lipinski definition) is 1. The van der Waals surface area contributed by atoms with Crippen LogP contribution in [-0.2, 0) is 6.54 Å². The predicted octanol–water partition coefficient (Wildman–Crippen LogP) is 2.79. The minimum Gasteiger partial charge on any atom is -0.444 e. The van der Waals surface area contributed by atoms with Gasteiger partial charge in [-0.1, -0.05) is 19.3 Å². The second-order valence-electron chi connectivity index (χ2n) is 6.39. The number of rotatable bonds is 4. The van der Waals surface area contributed by atoms with Crippen molar-refractivity contribution in [1.29, 1.82) is 0 Å². The lowest BCUT2D eigenvalue weighted by molar-refractivity contribution is 0.187. The molecule has 2 aliphatic rings. The summed E-state index contributed by atoms with van der Waals surface area (Å²) in [7, 11) is 0. The maximum absolute atomic E-state index is 5.63. The van der Waals surface area contributed by atoms with Gasteiger partial charge >= 0.3 is 0 Å². The second kappa shape index (κ2) is 6.27. The highest BCUT2D eigenvalue weighted by Crippen LogP contribution is 2.25. The number of nitrogens with one attached hydrogen (secondary N) is 1. The van der Waals surface area contributed by atoms with Crippen molar-refractivity contribution in [1.82, 2.24) is 15.2 Å². The third-order valence-corrected chi connectivity index (χ3v) is 4.86. The molecule has 3 rings (SSSR count). The largest absolute Gasteiger partial charge is 0.444 e. The van der Waals surface area contributed by atoms with Crippen molar-refractivity contribution in [3.63, 3.8) is 0 Å². The van der Waals surface area contributed by atoms with Crippen LogP contribution in [0, 0.1) is 13.8 Å². The molecule has 1 saturated carbocycles. The van der Waals surface area contributed by atoms with E-state index in [1.165, 1.54) is 51.6 Å². The molecule has 0 spiro atoms. The molecule has 4 nitrogen and oxygen atoms in total. The zero-order chi connectivity index (χ0) is 13.9. The standard InChI is InChI=1S/C16H27N3O/c1-12-16(20-13(2)18-12)10-17-14-8-9-19(11-14)15-6-4-3-5-7-15/h14-15,17H,3-11H2,1-2H3/t14-/m0/s1. The summed E-state index contributed by atoms with van der Waals surface area (Å²) in [5.41, 5.74) is 1.03. The first kappa shape index (κ1) is 14.1. The van der Waals surface area contributed by atoms with Crippen LogP contribution in [0.4, 0.5) is 0 Å². The molecule has 1 atom stereocenters. The SMILES string of the molecule is Cc1nc(C)c(CN[C@H]2CCN(C3CCCCC3)C2)o1. The number of aromatic nitrogens is 1. The van der Waals surface area contributed by atoms with Crippen molar-refractivity contribution >= 4 is 0 Å². The molecule has 1 aromatic rings. The minimum absolute atomic E-state index is 0.613. The lowest BCUT2D eigenvalue weighted by atomic mass is 9.94. The van der Waals surface area contributed by atoms with E-state index >= 15 is 0 Å². The van der Waals surface area contributed by atoms with Crippen LogP contribution in [0.3, 0.4) is 0 Å². The third-order valence-electron chi connectivity index (χ3n) is 4.86. The van der Waals surface area contributed by atoms with Gasteiger partial charge in [0.1, 0.15) is 5.76 Å². The van der Waals surface area contributed by atoms with Crippen molar-refractivity contribution in [3.8, 4) is 0 Å². The molecule has 1 saturated heterocycles. The van der Waals surface area contributed by atoms with Gasteiger partial charge in [-0.3, -0.25) is 4.90 Å². The van der Waals surface area contributed by atoms with Crippen LogP contribution in [0.5, 0.6) is 0 Å². The Morgan fingerprint density at radius 2 is 2.00 bits per heavy atom. The topological polar surface area (TPSA) is 41.3 Å². The van der Waals surface area contributed by atoms with E-state index in [1.807, 2.05) is 13.8 Å². The van der Waals surface area contributed by atoms with Crippen LogP contribution in [0.25, 0.3) is 0 Å². The number of hydrogen-bond acceptors (Lipinski definition) is 4. The Morgan fingerprint density at radius 1 is 1.20 bits per heavy atom. The van der Waals surface area contributed by atoms with E-state index in [0.29, 0.717) is 6.04 Å². The Morgan fingerprint density at radius 3 is 2.70 bits per heavy atom. The van der Waals surface area contributed by atoms with Crippen LogP contribution >= 0.6 is 0 Å². The lowest BCUT2D eigenvalue weighted by Gasteiger charge is -2.31. The summed E-state index contributed by atoms with van der Waals surface area (Å²) in [5, 5.41) is 3.65. The van der Waals surface area contributed by atoms with Crippen LogP contribution in [-0.4, -0.2) is 35.1 Å². The maximum Gasteiger partial charge on any atom is 0.191 e. The van der Waals surface area contributed by atoms with Crippen molar-refractivity contribution in [2.75, 3.05) is 13.1 Å². The number of nitrogens with zero attached hydrogens (tertiary/aromatic N) is 2. The number of oxazole rings is 1. The molecule has 112 valence electrons. The fourth-order valence-corrected chi connectivity index (χ4v) is 3.71. The Bertz CT molecular complexity index is 437. The van der Waals surface area contributed by atoms with Crippen molar-refractivity contribution in [2.45, 2.75) is 71.0 Å². The van der Waals surface area contributed by atoms with Gasteiger partial charge in [0.25, 0.3) is 0 Å². The molecule has 1 aliphatic heterocycles. The molecule has 0 unspecified atom stereocenters. The normalized spacial score (nSPS) is 25.4. The first-order chi connectivity index (χ1) is 9.72. The minimum atomic E-state index is 0.613. The Hall–Kier alpha value is -0.870. The Labute approximate surface area is 121 Å². The molecular weight excluding hydrogens is 250 g/mol. The Kier molecular flexibility index (Phi) is 4.41. The van der Waals surface area contributed by atoms with Gasteiger partial charge in [-0.2, -0.15) is 0 Å². The van der Waals surface area contributed by atoms with Crippen LogP contribution in [0.15, 0.2) is 4.42 Å². The van der Waals surface area contributed by atoms with Crippen molar-refractivity contribution in [3.05, 3.63) is 17.3 Å². The van der Waals surface area contributed by atoms with Crippen molar-refractivity contribution in [2.24, 2.45) is 0 Å². The number of aryl methyl sites for hydroxylation is 2. The monoisotopic (exact) mass is 277 g/mol. The molecule has 0 amide bonds. The van der Waals surface area contributed by atoms with Gasteiger partial charge in [0, 0.05) is 32.1 Å². The highest BCUT2D eigenvalue weighted by atomic mass is 16.4. The molecule has 4 heteroatoms. The molecule has 0 bridgehead atoms.